The highest BCUT2D eigenvalue weighted by molar-refractivity contribution is 6.41. The van der Waals surface area contributed by atoms with Crippen LogP contribution in [0.25, 0.3) is 6.08 Å². The second-order valence-corrected chi connectivity index (χ2v) is 7.01. The van der Waals surface area contributed by atoms with Gasteiger partial charge in [0.05, 0.1) is 38.6 Å². The number of aliphatic imine (C=N–C) groups is 2. The number of nitro benzene ring substituents is 2. The van der Waals surface area contributed by atoms with E-state index in [0.717, 1.165) is 17.3 Å². The van der Waals surface area contributed by atoms with Crippen molar-refractivity contribution >= 4 is 34.6 Å². The van der Waals surface area contributed by atoms with Crippen molar-refractivity contribution < 1.29 is 9.85 Å². The molecule has 0 saturated heterocycles. The molecular formula is C21H16N4O4. The number of rotatable bonds is 4. The van der Waals surface area contributed by atoms with E-state index in [9.17, 15) is 20.2 Å². The highest BCUT2D eigenvalue weighted by Gasteiger charge is 2.34. The van der Waals surface area contributed by atoms with E-state index in [1.807, 2.05) is 24.3 Å². The van der Waals surface area contributed by atoms with Crippen molar-refractivity contribution in [1.82, 2.24) is 0 Å². The molecule has 144 valence electrons. The first-order valence-electron chi connectivity index (χ1n) is 8.98. The van der Waals surface area contributed by atoms with Crippen LogP contribution >= 0.6 is 0 Å². The summed E-state index contributed by atoms with van der Waals surface area (Å²) in [6.45, 7) is 4.16. The SMILES string of the molecule is CC(C)c1ccccc1N=C1C=CN=C2C1=Cc1cc([N+](=O)[O-])cc([N+](=O)[O-])c12. The molecule has 8 nitrogen and oxygen atoms in total. The highest BCUT2D eigenvalue weighted by atomic mass is 16.6. The van der Waals surface area contributed by atoms with Gasteiger partial charge >= 0.3 is 0 Å². The molecular weight excluding hydrogens is 372 g/mol. The largest absolute Gasteiger partial charge is 0.286 e. The summed E-state index contributed by atoms with van der Waals surface area (Å²) >= 11 is 0. The van der Waals surface area contributed by atoms with E-state index in [1.54, 1.807) is 18.4 Å². The molecule has 2 aliphatic rings. The Morgan fingerprint density at radius 3 is 2.52 bits per heavy atom. The van der Waals surface area contributed by atoms with Crippen LogP contribution in [-0.2, 0) is 0 Å². The van der Waals surface area contributed by atoms with Gasteiger partial charge in [-0.25, -0.2) is 4.99 Å². The predicted octanol–water partition coefficient (Wildman–Crippen LogP) is 5.11. The zero-order valence-corrected chi connectivity index (χ0v) is 15.7. The summed E-state index contributed by atoms with van der Waals surface area (Å²) in [7, 11) is 0. The van der Waals surface area contributed by atoms with Crippen molar-refractivity contribution in [2.45, 2.75) is 19.8 Å². The Balaban J connectivity index is 1.87. The van der Waals surface area contributed by atoms with E-state index in [-0.39, 0.29) is 22.9 Å². The van der Waals surface area contributed by atoms with Crippen LogP contribution in [0.3, 0.4) is 0 Å². The number of nitro groups is 2. The first kappa shape index (κ1) is 18.4. The van der Waals surface area contributed by atoms with Gasteiger partial charge in [0.25, 0.3) is 11.4 Å². The fraction of sp³-hybridized carbons (Fsp3) is 0.143. The topological polar surface area (TPSA) is 111 Å². The van der Waals surface area contributed by atoms with E-state index in [1.165, 1.54) is 6.07 Å². The molecule has 2 aromatic rings. The smallest absolute Gasteiger partial charge is 0.258 e. The number of fused-ring (bicyclic) bond motifs is 3. The average molecular weight is 388 g/mol. The monoisotopic (exact) mass is 388 g/mol. The predicted molar refractivity (Wildman–Crippen MR) is 111 cm³/mol. The molecule has 0 fully saturated rings. The van der Waals surface area contributed by atoms with E-state index < -0.39 is 9.85 Å². The van der Waals surface area contributed by atoms with Crippen LogP contribution < -0.4 is 0 Å². The third kappa shape index (κ3) is 3.14. The normalized spacial score (nSPS) is 15.8. The van der Waals surface area contributed by atoms with Crippen LogP contribution in [-0.4, -0.2) is 21.3 Å². The number of nitrogens with zero attached hydrogens (tertiary/aromatic N) is 4. The lowest BCUT2D eigenvalue weighted by atomic mass is 9.99. The van der Waals surface area contributed by atoms with E-state index in [0.29, 0.717) is 22.6 Å². The van der Waals surface area contributed by atoms with E-state index >= 15 is 0 Å². The molecule has 0 atom stereocenters. The Labute approximate surface area is 165 Å². The summed E-state index contributed by atoms with van der Waals surface area (Å²) in [5, 5.41) is 22.8. The molecule has 4 rings (SSSR count). The Morgan fingerprint density at radius 2 is 1.83 bits per heavy atom. The van der Waals surface area contributed by atoms with Gasteiger partial charge in [0.1, 0.15) is 0 Å². The van der Waals surface area contributed by atoms with Gasteiger partial charge in [-0.2, -0.15) is 0 Å². The maximum Gasteiger partial charge on any atom is 0.286 e. The lowest BCUT2D eigenvalue weighted by Crippen LogP contribution is -2.13. The zero-order chi connectivity index (χ0) is 20.7. The molecule has 29 heavy (non-hydrogen) atoms. The van der Waals surface area contributed by atoms with Gasteiger partial charge < -0.3 is 0 Å². The molecule has 0 radical (unpaired) electrons. The zero-order valence-electron chi connectivity index (χ0n) is 15.7. The fourth-order valence-electron chi connectivity index (χ4n) is 3.52. The molecule has 1 aliphatic carbocycles. The Hall–Kier alpha value is -3.94. The van der Waals surface area contributed by atoms with E-state index in [4.69, 9.17) is 4.99 Å². The first-order chi connectivity index (χ1) is 13.9. The summed E-state index contributed by atoms with van der Waals surface area (Å²) in [4.78, 5) is 30.6. The van der Waals surface area contributed by atoms with E-state index in [2.05, 4.69) is 18.8 Å². The molecule has 0 spiro atoms. The van der Waals surface area contributed by atoms with Crippen molar-refractivity contribution in [3.63, 3.8) is 0 Å². The van der Waals surface area contributed by atoms with Gasteiger partial charge in [0.15, 0.2) is 0 Å². The van der Waals surface area contributed by atoms with Gasteiger partial charge in [0.2, 0.25) is 0 Å². The first-order valence-corrected chi connectivity index (χ1v) is 8.98. The number of hydrogen-bond donors (Lipinski definition) is 0. The maximum absolute atomic E-state index is 11.6. The van der Waals surface area contributed by atoms with Gasteiger partial charge in [-0.15, -0.1) is 0 Å². The van der Waals surface area contributed by atoms with Gasteiger partial charge in [-0.3, -0.25) is 25.2 Å². The number of hydrogen-bond acceptors (Lipinski definition) is 6. The van der Waals surface area contributed by atoms with Crippen LogP contribution in [0, 0.1) is 20.2 Å². The van der Waals surface area contributed by atoms with Crippen LogP contribution in [0.1, 0.15) is 36.5 Å². The summed E-state index contributed by atoms with van der Waals surface area (Å²) in [5.74, 6) is 0.273. The summed E-state index contributed by atoms with van der Waals surface area (Å²) in [5.41, 5.74) is 3.53. The van der Waals surface area contributed by atoms with Crippen LogP contribution in [0.2, 0.25) is 0 Å². The lowest BCUT2D eigenvalue weighted by molar-refractivity contribution is -0.394. The third-order valence-electron chi connectivity index (χ3n) is 4.84. The minimum atomic E-state index is -0.637. The van der Waals surface area contributed by atoms with Crippen molar-refractivity contribution in [2.75, 3.05) is 0 Å². The number of allylic oxidation sites excluding steroid dienone is 2. The molecule has 0 bridgehead atoms. The van der Waals surface area contributed by atoms with Crippen molar-refractivity contribution in [3.8, 4) is 0 Å². The van der Waals surface area contributed by atoms with Crippen molar-refractivity contribution in [3.05, 3.63) is 91.2 Å². The van der Waals surface area contributed by atoms with Gasteiger partial charge in [-0.05, 0) is 35.3 Å². The molecule has 0 aromatic heterocycles. The average Bonchev–Trinajstić information content (AvgIpc) is 3.07. The second-order valence-electron chi connectivity index (χ2n) is 7.01. The van der Waals surface area contributed by atoms with Crippen molar-refractivity contribution in [1.29, 1.82) is 0 Å². The second kappa shape index (κ2) is 6.90. The van der Waals surface area contributed by atoms with Crippen molar-refractivity contribution in [2.24, 2.45) is 9.98 Å². The maximum atomic E-state index is 11.6. The third-order valence-corrected chi connectivity index (χ3v) is 4.84. The molecule has 0 amide bonds. The summed E-state index contributed by atoms with van der Waals surface area (Å²) < 4.78 is 0. The quantitative estimate of drug-likeness (QED) is 0.535. The van der Waals surface area contributed by atoms with Gasteiger partial charge in [-0.1, -0.05) is 32.0 Å². The number of non-ortho nitro benzene ring substituents is 1. The van der Waals surface area contributed by atoms with Gasteiger partial charge in [0, 0.05) is 17.8 Å². The molecule has 8 heteroatoms. The lowest BCUT2D eigenvalue weighted by Gasteiger charge is -2.13. The molecule has 1 heterocycles. The number of para-hydroxylation sites is 1. The fourth-order valence-corrected chi connectivity index (χ4v) is 3.52. The molecule has 0 saturated carbocycles. The minimum Gasteiger partial charge on any atom is -0.258 e. The standard InChI is InChI=1S/C21H16N4O4/c1-12(2)15-5-3-4-6-17(15)23-18-7-8-22-21-16(18)10-13-9-14(24(26)27)11-19(20(13)21)25(28)29/h3-12H,1-2H3. The Morgan fingerprint density at radius 1 is 1.07 bits per heavy atom. The van der Waals surface area contributed by atoms with Crippen LogP contribution in [0.4, 0.5) is 17.1 Å². The molecule has 1 aliphatic heterocycles. The molecule has 2 aromatic carbocycles. The Kier molecular flexibility index (Phi) is 4.38. The summed E-state index contributed by atoms with van der Waals surface area (Å²) in [6, 6.07) is 10.1. The Bertz CT molecular complexity index is 1190. The van der Waals surface area contributed by atoms with Crippen LogP contribution in [0.15, 0.2) is 64.2 Å². The minimum absolute atomic E-state index is 0.273. The molecule has 0 unspecified atom stereocenters. The summed E-state index contributed by atoms with van der Waals surface area (Å²) in [6.07, 6.45) is 4.96. The highest BCUT2D eigenvalue weighted by Crippen LogP contribution is 2.39. The molecule has 0 N–H and O–H groups in total. The van der Waals surface area contributed by atoms with Crippen LogP contribution in [0.5, 0.6) is 0 Å². The number of benzene rings is 2.